The Morgan fingerprint density at radius 3 is 2.12 bits per heavy atom. The van der Waals surface area contributed by atoms with E-state index in [-0.39, 0.29) is 47.5 Å². The molecule has 20 heteroatoms. The number of hydrogen-bond donors (Lipinski definition) is 7. The number of rotatable bonds is 17. The number of pyridine rings is 1. The first-order valence-corrected chi connectivity index (χ1v) is 18.4. The molecule has 5 aromatic heterocycles. The van der Waals surface area contributed by atoms with Crippen LogP contribution in [0.5, 0.6) is 0 Å². The number of fused-ring (bicyclic) bond motifs is 2. The second-order valence-electron chi connectivity index (χ2n) is 13.2. The van der Waals surface area contributed by atoms with Crippen LogP contribution >= 0.6 is 0 Å². The summed E-state index contributed by atoms with van der Waals surface area (Å²) in [6, 6.07) is 6.43. The highest BCUT2D eigenvalue weighted by molar-refractivity contribution is 6.08. The van der Waals surface area contributed by atoms with Crippen molar-refractivity contribution < 1.29 is 19.2 Å². The van der Waals surface area contributed by atoms with Crippen molar-refractivity contribution in [1.29, 1.82) is 0 Å². The van der Waals surface area contributed by atoms with Crippen molar-refractivity contribution >= 4 is 69.1 Å². The van der Waals surface area contributed by atoms with Crippen molar-refractivity contribution in [3.8, 4) is 0 Å². The van der Waals surface area contributed by atoms with E-state index < -0.39 is 23.6 Å². The van der Waals surface area contributed by atoms with E-state index in [2.05, 4.69) is 41.4 Å². The lowest BCUT2D eigenvalue weighted by Gasteiger charge is -2.14. The number of hydrogen-bond acceptors (Lipinski definition) is 12. The van der Waals surface area contributed by atoms with Gasteiger partial charge >= 0.3 is 0 Å². The lowest BCUT2D eigenvalue weighted by atomic mass is 10.1. The van der Waals surface area contributed by atoms with Gasteiger partial charge in [0.25, 0.3) is 11.8 Å². The number of primary amides is 2. The summed E-state index contributed by atoms with van der Waals surface area (Å²) in [5.74, 6) is -1.87. The molecule has 0 radical (unpaired) electrons. The number of benzene rings is 1. The molecule has 0 saturated heterocycles. The number of imidazole rings is 2. The number of nitrogens with two attached hydrogens (primary N) is 3. The van der Waals surface area contributed by atoms with Crippen molar-refractivity contribution in [2.45, 2.75) is 60.3 Å². The zero-order chi connectivity index (χ0) is 41.0. The molecule has 0 spiro atoms. The van der Waals surface area contributed by atoms with E-state index in [0.717, 1.165) is 13.0 Å². The zero-order valence-corrected chi connectivity index (χ0v) is 32.4. The molecule has 20 nitrogen and oxygen atoms in total. The lowest BCUT2D eigenvalue weighted by molar-refractivity contribution is 0.0992. The number of anilines is 4. The third-order valence-corrected chi connectivity index (χ3v) is 9.23. The molecule has 0 aliphatic carbocycles. The van der Waals surface area contributed by atoms with Crippen LogP contribution in [0, 0.1) is 13.8 Å². The molecule has 0 bridgehead atoms. The Labute approximate surface area is 326 Å². The maximum absolute atomic E-state index is 13.8. The van der Waals surface area contributed by atoms with Gasteiger partial charge in [0.05, 0.1) is 39.4 Å². The number of amides is 4. The summed E-state index contributed by atoms with van der Waals surface area (Å²) in [6.45, 7) is 9.86. The van der Waals surface area contributed by atoms with Crippen LogP contribution in [0.2, 0.25) is 0 Å². The number of aryl methyl sites for hydroxylation is 4. The quantitative estimate of drug-likeness (QED) is 0.0519. The van der Waals surface area contributed by atoms with Gasteiger partial charge in [0.2, 0.25) is 23.7 Å². The van der Waals surface area contributed by atoms with Gasteiger partial charge in [-0.25, -0.2) is 15.0 Å². The average molecular weight is 779 g/mol. The van der Waals surface area contributed by atoms with Gasteiger partial charge in [-0.05, 0) is 72.0 Å². The number of nitrogens with one attached hydrogen (secondary N) is 4. The van der Waals surface area contributed by atoms with Crippen LogP contribution in [0.3, 0.4) is 0 Å². The summed E-state index contributed by atoms with van der Waals surface area (Å²) in [5.41, 5.74) is 22.3. The second kappa shape index (κ2) is 16.7. The molecule has 0 aliphatic rings. The van der Waals surface area contributed by atoms with Crippen LogP contribution in [-0.4, -0.2) is 87.4 Å². The number of nitrogens with zero attached hydrogens (tertiary/aromatic N) is 9. The molecule has 0 aliphatic heterocycles. The lowest BCUT2D eigenvalue weighted by Crippen LogP contribution is -2.21. The van der Waals surface area contributed by atoms with Crippen LogP contribution in [0.4, 0.5) is 23.3 Å². The van der Waals surface area contributed by atoms with E-state index >= 15 is 0 Å². The minimum Gasteiger partial charge on any atom is -0.395 e. The summed E-state index contributed by atoms with van der Waals surface area (Å²) in [7, 11) is 1.86. The molecule has 6 rings (SSSR count). The van der Waals surface area contributed by atoms with Gasteiger partial charge in [0.1, 0.15) is 16.9 Å². The van der Waals surface area contributed by atoms with Gasteiger partial charge in [0.15, 0.2) is 5.65 Å². The van der Waals surface area contributed by atoms with Crippen molar-refractivity contribution in [3.63, 3.8) is 0 Å². The molecule has 0 fully saturated rings. The Bertz CT molecular complexity index is 2540. The fraction of sp³-hybridized carbons (Fsp3) is 0.324. The zero-order valence-electron chi connectivity index (χ0n) is 32.4. The fourth-order valence-electron chi connectivity index (χ4n) is 6.44. The van der Waals surface area contributed by atoms with E-state index in [1.54, 1.807) is 45.9 Å². The summed E-state index contributed by atoms with van der Waals surface area (Å²) in [6.07, 6.45) is 5.82. The smallest absolute Gasteiger partial charge is 0.278 e. The summed E-state index contributed by atoms with van der Waals surface area (Å²) in [4.78, 5) is 65.4. The van der Waals surface area contributed by atoms with Gasteiger partial charge in [-0.1, -0.05) is 12.2 Å². The normalized spacial score (nSPS) is 11.5. The van der Waals surface area contributed by atoms with Crippen LogP contribution < -0.4 is 38.5 Å². The highest BCUT2D eigenvalue weighted by atomic mass is 16.2. The first-order chi connectivity index (χ1) is 27.3. The van der Waals surface area contributed by atoms with Crippen molar-refractivity contribution in [3.05, 3.63) is 76.5 Å². The first-order valence-electron chi connectivity index (χ1n) is 18.4. The van der Waals surface area contributed by atoms with Crippen LogP contribution in [0.1, 0.15) is 73.3 Å². The topological polar surface area (TPSA) is 279 Å². The molecule has 298 valence electrons. The third kappa shape index (κ3) is 8.15. The molecule has 0 saturated carbocycles. The molecule has 0 atom stereocenters. The first kappa shape index (κ1) is 39.6. The van der Waals surface area contributed by atoms with Gasteiger partial charge in [-0.2, -0.15) is 10.2 Å². The molecule has 6 aromatic rings. The highest BCUT2D eigenvalue weighted by Gasteiger charge is 2.24. The largest absolute Gasteiger partial charge is 0.395 e. The van der Waals surface area contributed by atoms with Gasteiger partial charge in [-0.15, -0.1) is 0 Å². The Morgan fingerprint density at radius 1 is 0.789 bits per heavy atom. The van der Waals surface area contributed by atoms with Gasteiger partial charge < -0.3 is 32.4 Å². The molecule has 57 heavy (non-hydrogen) atoms. The second-order valence-corrected chi connectivity index (χ2v) is 13.2. The highest BCUT2D eigenvalue weighted by Crippen LogP contribution is 2.30. The van der Waals surface area contributed by atoms with E-state index in [1.807, 2.05) is 33.0 Å². The molecule has 0 unspecified atom stereocenters. The Balaban J connectivity index is 1.38. The maximum Gasteiger partial charge on any atom is 0.278 e. The monoisotopic (exact) mass is 778 g/mol. The van der Waals surface area contributed by atoms with E-state index in [0.29, 0.717) is 64.6 Å². The molecule has 5 heterocycles. The molecular weight excluding hydrogens is 733 g/mol. The number of carbonyl (C=O) groups excluding carboxylic acids is 4. The van der Waals surface area contributed by atoms with E-state index in [9.17, 15) is 19.2 Å². The number of carbonyl (C=O) groups is 4. The van der Waals surface area contributed by atoms with E-state index in [4.69, 9.17) is 22.2 Å². The van der Waals surface area contributed by atoms with Gasteiger partial charge in [0, 0.05) is 44.5 Å². The standard InChI is InChI=1S/C37H46N16O4/c1-6-52-27(15-20(3)48-52)34(56)46-37-45-26-18-23(32(40)55)19-43-33(26)51(37)14-9-8-13-50-29-24(42-12-10-11-41-5)16-22(31(39)54)17-25(29)44-36(50)47-35(57)30-28(38)21(4)49-53(30)7-2/h8-9,15-19,41-42H,6-7,10-14,38H2,1-5H3,(H2,39,54)(H2,40,55)(H,44,47,57)(H,45,46,56)/b9-8+. The SMILES string of the molecule is CCn1nc(C)cc1C(=O)Nc1nc2cc(C(N)=O)cnc2n1C/C=C/Cn1c(NC(=O)c2c(N)c(C)nn2CC)nc2cc(C(N)=O)cc(NCCCNC)c21. The van der Waals surface area contributed by atoms with Crippen molar-refractivity contribution in [2.75, 3.05) is 41.8 Å². The summed E-state index contributed by atoms with van der Waals surface area (Å²) >= 11 is 0. The molecule has 1 aromatic carbocycles. The molecule has 4 amide bonds. The number of allylic oxidation sites excluding steroid dienone is 2. The predicted octanol–water partition coefficient (Wildman–Crippen LogP) is 2.39. The number of aromatic nitrogens is 9. The Hall–Kier alpha value is -7.09. The summed E-state index contributed by atoms with van der Waals surface area (Å²) in [5, 5.41) is 21.1. The maximum atomic E-state index is 13.8. The molecular formula is C37H46N16O4. The Kier molecular flexibility index (Phi) is 11.6. The van der Waals surface area contributed by atoms with Crippen molar-refractivity contribution in [1.82, 2.24) is 49.0 Å². The molecule has 10 N–H and O–H groups in total. The summed E-state index contributed by atoms with van der Waals surface area (Å²) < 4.78 is 6.60. The van der Waals surface area contributed by atoms with Crippen molar-refractivity contribution in [2.24, 2.45) is 11.5 Å². The van der Waals surface area contributed by atoms with Gasteiger partial charge in [-0.3, -0.25) is 43.7 Å². The van der Waals surface area contributed by atoms with Crippen LogP contribution in [0.25, 0.3) is 22.2 Å². The predicted molar refractivity (Wildman–Crippen MR) is 216 cm³/mol. The van der Waals surface area contributed by atoms with E-state index in [1.165, 1.54) is 16.9 Å². The minimum atomic E-state index is -0.669. The third-order valence-electron chi connectivity index (χ3n) is 9.23. The van der Waals surface area contributed by atoms with Crippen LogP contribution in [0.15, 0.2) is 42.6 Å². The minimum absolute atomic E-state index is 0.163. The average Bonchev–Trinajstić information content (AvgIpc) is 3.92. The van der Waals surface area contributed by atoms with Crippen LogP contribution in [-0.2, 0) is 26.2 Å². The number of nitrogen functional groups attached to an aromatic ring is 1. The fourth-order valence-corrected chi connectivity index (χ4v) is 6.44. The Morgan fingerprint density at radius 2 is 1.44 bits per heavy atom.